The van der Waals surface area contributed by atoms with Gasteiger partial charge in [-0.2, -0.15) is 0 Å². The number of para-hydroxylation sites is 1. The van der Waals surface area contributed by atoms with Crippen molar-refractivity contribution in [2.75, 3.05) is 5.32 Å². The second-order valence-electron chi connectivity index (χ2n) is 7.13. The molecule has 0 fully saturated rings. The number of anilines is 1. The zero-order valence-electron chi connectivity index (χ0n) is 17.3. The summed E-state index contributed by atoms with van der Waals surface area (Å²) in [6.07, 6.45) is 0.629. The maximum absolute atomic E-state index is 12.8. The summed E-state index contributed by atoms with van der Waals surface area (Å²) >= 11 is 2.72. The van der Waals surface area contributed by atoms with E-state index in [1.54, 1.807) is 0 Å². The summed E-state index contributed by atoms with van der Waals surface area (Å²) in [6, 6.07) is 8.08. The van der Waals surface area contributed by atoms with Crippen LogP contribution in [0, 0.1) is 0 Å². The molecule has 8 nitrogen and oxygen atoms in total. The highest BCUT2D eigenvalue weighted by atomic mass is 32.2. The fourth-order valence-electron chi connectivity index (χ4n) is 3.21. The Morgan fingerprint density at radius 3 is 2.67 bits per heavy atom. The van der Waals surface area contributed by atoms with Crippen LogP contribution in [0.3, 0.4) is 0 Å². The van der Waals surface area contributed by atoms with Gasteiger partial charge in [0.05, 0.1) is 10.8 Å². The first-order chi connectivity index (χ1) is 14.5. The van der Waals surface area contributed by atoms with Crippen molar-refractivity contribution in [3.05, 3.63) is 29.3 Å². The van der Waals surface area contributed by atoms with Gasteiger partial charge in [-0.05, 0) is 19.4 Å². The molecule has 0 saturated heterocycles. The number of benzene rings is 1. The van der Waals surface area contributed by atoms with Gasteiger partial charge >= 0.3 is 0 Å². The van der Waals surface area contributed by atoms with E-state index in [1.165, 1.54) is 23.1 Å². The van der Waals surface area contributed by atoms with Gasteiger partial charge in [0.15, 0.2) is 5.65 Å². The Kier molecular flexibility index (Phi) is 5.96. The molecule has 1 N–H and O–H groups in total. The monoisotopic (exact) mass is 441 g/mol. The Labute approximate surface area is 182 Å². The minimum atomic E-state index is -0.352. The van der Waals surface area contributed by atoms with Crippen LogP contribution in [0.5, 0.6) is 0 Å². The third-order valence-corrected chi connectivity index (χ3v) is 7.10. The molecule has 3 aromatic heterocycles. The summed E-state index contributed by atoms with van der Waals surface area (Å²) in [6.45, 7) is 8.92. The molecule has 0 spiro atoms. The highest BCUT2D eigenvalue weighted by molar-refractivity contribution is 8.00. The van der Waals surface area contributed by atoms with Gasteiger partial charge in [-0.15, -0.1) is 20.4 Å². The number of aromatic nitrogens is 6. The molecule has 1 aromatic carbocycles. The lowest BCUT2D eigenvalue weighted by Gasteiger charge is -2.12. The van der Waals surface area contributed by atoms with Gasteiger partial charge in [0.25, 0.3) is 0 Å². The van der Waals surface area contributed by atoms with E-state index in [4.69, 9.17) is 4.98 Å². The van der Waals surface area contributed by atoms with E-state index in [0.717, 1.165) is 33.6 Å². The number of amides is 1. The SMILES string of the molecule is CC[C@@H](Sc1nnc2c3ccccc3n(CC)c2n1)C(=O)Nc1nnc(C(C)C)s1. The topological polar surface area (TPSA) is 98.5 Å². The fraction of sp³-hybridized carbons (Fsp3) is 0.400. The predicted molar refractivity (Wildman–Crippen MR) is 121 cm³/mol. The van der Waals surface area contributed by atoms with Gasteiger partial charge in [-0.1, -0.05) is 62.1 Å². The summed E-state index contributed by atoms with van der Waals surface area (Å²) in [5, 5.41) is 22.4. The molecule has 0 aliphatic rings. The van der Waals surface area contributed by atoms with E-state index < -0.39 is 0 Å². The minimum absolute atomic E-state index is 0.131. The number of fused-ring (bicyclic) bond motifs is 3. The van der Waals surface area contributed by atoms with Gasteiger partial charge < -0.3 is 4.57 Å². The number of carbonyl (C=O) groups is 1. The molecule has 0 aliphatic carbocycles. The lowest BCUT2D eigenvalue weighted by atomic mass is 10.2. The molecule has 0 aliphatic heterocycles. The van der Waals surface area contributed by atoms with Crippen LogP contribution < -0.4 is 5.32 Å². The van der Waals surface area contributed by atoms with E-state index in [0.29, 0.717) is 16.7 Å². The van der Waals surface area contributed by atoms with Gasteiger partial charge in [0.1, 0.15) is 10.5 Å². The van der Waals surface area contributed by atoms with E-state index in [9.17, 15) is 4.79 Å². The van der Waals surface area contributed by atoms with Gasteiger partial charge in [0, 0.05) is 17.8 Å². The second-order valence-corrected chi connectivity index (χ2v) is 9.31. The molecule has 0 bridgehead atoms. The molecule has 4 aromatic rings. The molecule has 1 amide bonds. The number of thioether (sulfide) groups is 1. The number of rotatable bonds is 7. The Balaban J connectivity index is 1.58. The lowest BCUT2D eigenvalue weighted by molar-refractivity contribution is -0.115. The summed E-state index contributed by atoms with van der Waals surface area (Å²) in [7, 11) is 0. The number of aryl methyl sites for hydroxylation is 1. The van der Waals surface area contributed by atoms with Crippen LogP contribution in [0.2, 0.25) is 0 Å². The van der Waals surface area contributed by atoms with Crippen LogP contribution in [0.1, 0.15) is 45.0 Å². The standard InChI is InChI=1S/C20H23N7OS2/c1-5-14(17(28)22-20-26-24-18(30-20)11(3)4)29-19-21-16-15(23-25-19)12-9-7-8-10-13(12)27(16)6-2/h7-11,14H,5-6H2,1-4H3,(H,22,26,28)/t14-/m1/s1. The van der Waals surface area contributed by atoms with Crippen molar-refractivity contribution in [2.24, 2.45) is 0 Å². The first-order valence-corrected chi connectivity index (χ1v) is 11.6. The van der Waals surface area contributed by atoms with Crippen LogP contribution in [0.15, 0.2) is 29.4 Å². The molecule has 3 heterocycles. The number of hydrogen-bond donors (Lipinski definition) is 1. The van der Waals surface area contributed by atoms with Crippen LogP contribution in [0.4, 0.5) is 5.13 Å². The highest BCUT2D eigenvalue weighted by Gasteiger charge is 2.23. The molecule has 0 unspecified atom stereocenters. The van der Waals surface area contributed by atoms with Crippen LogP contribution in [-0.2, 0) is 11.3 Å². The molecule has 156 valence electrons. The van der Waals surface area contributed by atoms with Gasteiger partial charge in [-0.25, -0.2) is 4.98 Å². The molecule has 1 atom stereocenters. The van der Waals surface area contributed by atoms with Crippen molar-refractivity contribution in [2.45, 2.75) is 57.0 Å². The highest BCUT2D eigenvalue weighted by Crippen LogP contribution is 2.29. The summed E-state index contributed by atoms with van der Waals surface area (Å²) < 4.78 is 2.12. The van der Waals surface area contributed by atoms with E-state index in [-0.39, 0.29) is 17.1 Å². The van der Waals surface area contributed by atoms with Crippen molar-refractivity contribution < 1.29 is 4.79 Å². The first-order valence-electron chi connectivity index (χ1n) is 9.94. The van der Waals surface area contributed by atoms with E-state index in [2.05, 4.69) is 43.3 Å². The number of nitrogens with zero attached hydrogens (tertiary/aromatic N) is 6. The minimum Gasteiger partial charge on any atom is -0.324 e. The second kappa shape index (κ2) is 8.65. The lowest BCUT2D eigenvalue weighted by Crippen LogP contribution is -2.24. The van der Waals surface area contributed by atoms with Crippen LogP contribution in [0.25, 0.3) is 22.1 Å². The average molecular weight is 442 g/mol. The van der Waals surface area contributed by atoms with E-state index in [1.807, 2.05) is 39.0 Å². The fourth-order valence-corrected chi connectivity index (χ4v) is 4.78. The number of hydrogen-bond acceptors (Lipinski definition) is 8. The smallest absolute Gasteiger partial charge is 0.239 e. The van der Waals surface area contributed by atoms with Gasteiger partial charge in [0.2, 0.25) is 16.2 Å². The number of carbonyl (C=O) groups excluding carboxylic acids is 1. The molecule has 10 heteroatoms. The zero-order chi connectivity index (χ0) is 21.3. The Bertz CT molecular complexity index is 1200. The summed E-state index contributed by atoms with van der Waals surface area (Å²) in [5.74, 6) is 0.148. The van der Waals surface area contributed by atoms with Crippen molar-refractivity contribution >= 4 is 56.2 Å². The normalized spacial score (nSPS) is 12.7. The van der Waals surface area contributed by atoms with Gasteiger partial charge in [-0.3, -0.25) is 10.1 Å². The Hall–Kier alpha value is -2.59. The number of nitrogens with one attached hydrogen (secondary N) is 1. The largest absolute Gasteiger partial charge is 0.324 e. The molecular weight excluding hydrogens is 418 g/mol. The van der Waals surface area contributed by atoms with E-state index >= 15 is 0 Å². The van der Waals surface area contributed by atoms with Crippen LogP contribution in [-0.4, -0.2) is 41.1 Å². The summed E-state index contributed by atoms with van der Waals surface area (Å²) in [5.41, 5.74) is 2.66. The Morgan fingerprint density at radius 2 is 1.97 bits per heavy atom. The predicted octanol–water partition coefficient (Wildman–Crippen LogP) is 4.48. The van der Waals surface area contributed by atoms with Crippen molar-refractivity contribution in [3.63, 3.8) is 0 Å². The molecule has 0 radical (unpaired) electrons. The van der Waals surface area contributed by atoms with Crippen molar-refractivity contribution in [1.29, 1.82) is 0 Å². The quantitative estimate of drug-likeness (QED) is 0.422. The molecule has 30 heavy (non-hydrogen) atoms. The van der Waals surface area contributed by atoms with Crippen LogP contribution >= 0.6 is 23.1 Å². The molecular formula is C20H23N7OS2. The zero-order valence-corrected chi connectivity index (χ0v) is 18.9. The molecule has 0 saturated carbocycles. The maximum atomic E-state index is 12.8. The third kappa shape index (κ3) is 3.89. The molecule has 4 rings (SSSR count). The first kappa shape index (κ1) is 20.7. The van der Waals surface area contributed by atoms with Crippen molar-refractivity contribution in [1.82, 2.24) is 29.9 Å². The van der Waals surface area contributed by atoms with Crippen molar-refractivity contribution in [3.8, 4) is 0 Å². The Morgan fingerprint density at radius 1 is 1.17 bits per heavy atom. The third-order valence-electron chi connectivity index (χ3n) is 4.75. The maximum Gasteiger partial charge on any atom is 0.239 e. The summed E-state index contributed by atoms with van der Waals surface area (Å²) in [4.78, 5) is 17.5. The average Bonchev–Trinajstić information content (AvgIpc) is 3.34.